The second-order valence-corrected chi connectivity index (χ2v) is 5.58. The number of nitrogens with zero attached hydrogens (tertiary/aromatic N) is 1. The Balaban J connectivity index is 1.60. The second kappa shape index (κ2) is 5.54. The number of amides is 1. The third-order valence-electron chi connectivity index (χ3n) is 3.71. The molecule has 2 atom stereocenters. The van der Waals surface area contributed by atoms with Gasteiger partial charge in [-0.3, -0.25) is 9.89 Å². The fourth-order valence-electron chi connectivity index (χ4n) is 2.57. The van der Waals surface area contributed by atoms with Crippen molar-refractivity contribution in [3.63, 3.8) is 0 Å². The minimum atomic E-state index is -0.136. The molecule has 20 heavy (non-hydrogen) atoms. The Morgan fingerprint density at radius 2 is 2.30 bits per heavy atom. The number of aromatic nitrogens is 2. The highest BCUT2D eigenvalue weighted by Crippen LogP contribution is 2.30. The number of hydrogen-bond donors (Lipinski definition) is 2. The fraction of sp³-hybridized carbons (Fsp3) is 0.714. The van der Waals surface area contributed by atoms with Crippen molar-refractivity contribution in [2.24, 2.45) is 0 Å². The molecule has 0 aromatic carbocycles. The SMILES string of the molecule is C[C@@H]1Cc2c(C(=O)NCCOC3CC3)n[nH]c2[C@H](C)O1. The second-order valence-electron chi connectivity index (χ2n) is 5.58. The summed E-state index contributed by atoms with van der Waals surface area (Å²) in [6.07, 6.45) is 3.51. The van der Waals surface area contributed by atoms with Crippen LogP contribution in [-0.4, -0.2) is 41.5 Å². The van der Waals surface area contributed by atoms with Gasteiger partial charge in [0.15, 0.2) is 5.69 Å². The topological polar surface area (TPSA) is 76.2 Å². The van der Waals surface area contributed by atoms with Crippen molar-refractivity contribution in [3.05, 3.63) is 17.0 Å². The van der Waals surface area contributed by atoms with E-state index < -0.39 is 0 Å². The van der Waals surface area contributed by atoms with Crippen LogP contribution in [0.2, 0.25) is 0 Å². The van der Waals surface area contributed by atoms with E-state index in [1.54, 1.807) is 0 Å². The van der Waals surface area contributed by atoms with E-state index in [-0.39, 0.29) is 18.1 Å². The summed E-state index contributed by atoms with van der Waals surface area (Å²) in [6, 6.07) is 0. The highest BCUT2D eigenvalue weighted by Gasteiger charge is 2.29. The minimum absolute atomic E-state index is 0.0407. The molecule has 1 aromatic heterocycles. The number of H-pyrrole nitrogens is 1. The first-order valence-electron chi connectivity index (χ1n) is 7.27. The first-order valence-corrected chi connectivity index (χ1v) is 7.27. The molecule has 6 nitrogen and oxygen atoms in total. The lowest BCUT2D eigenvalue weighted by atomic mass is 9.99. The molecule has 1 aliphatic carbocycles. The van der Waals surface area contributed by atoms with Gasteiger partial charge in [0, 0.05) is 18.5 Å². The molecule has 3 rings (SSSR count). The average molecular weight is 279 g/mol. The molecular weight excluding hydrogens is 258 g/mol. The van der Waals surface area contributed by atoms with Gasteiger partial charge in [-0.05, 0) is 26.7 Å². The molecule has 1 saturated carbocycles. The van der Waals surface area contributed by atoms with E-state index >= 15 is 0 Å². The Morgan fingerprint density at radius 1 is 1.50 bits per heavy atom. The number of fused-ring (bicyclic) bond motifs is 1. The zero-order valence-corrected chi connectivity index (χ0v) is 11.9. The van der Waals surface area contributed by atoms with E-state index in [2.05, 4.69) is 15.5 Å². The Hall–Kier alpha value is -1.40. The highest BCUT2D eigenvalue weighted by molar-refractivity contribution is 5.94. The summed E-state index contributed by atoms with van der Waals surface area (Å²) in [5.74, 6) is -0.136. The van der Waals surface area contributed by atoms with Crippen LogP contribution < -0.4 is 5.32 Å². The van der Waals surface area contributed by atoms with Crippen molar-refractivity contribution in [3.8, 4) is 0 Å². The van der Waals surface area contributed by atoms with Crippen LogP contribution in [0.15, 0.2) is 0 Å². The Bertz CT molecular complexity index is 496. The van der Waals surface area contributed by atoms with Gasteiger partial charge in [-0.15, -0.1) is 0 Å². The molecule has 0 radical (unpaired) electrons. The zero-order chi connectivity index (χ0) is 14.1. The molecule has 2 heterocycles. The smallest absolute Gasteiger partial charge is 0.272 e. The van der Waals surface area contributed by atoms with Crippen molar-refractivity contribution in [2.45, 2.75) is 51.4 Å². The van der Waals surface area contributed by atoms with Gasteiger partial charge in [0.25, 0.3) is 5.91 Å². The van der Waals surface area contributed by atoms with Gasteiger partial charge >= 0.3 is 0 Å². The molecule has 0 unspecified atom stereocenters. The first kappa shape index (κ1) is 13.6. The van der Waals surface area contributed by atoms with Crippen molar-refractivity contribution in [1.82, 2.24) is 15.5 Å². The van der Waals surface area contributed by atoms with Gasteiger partial charge in [-0.1, -0.05) is 0 Å². The van der Waals surface area contributed by atoms with Gasteiger partial charge in [0.1, 0.15) is 0 Å². The maximum Gasteiger partial charge on any atom is 0.272 e. The molecule has 1 amide bonds. The quantitative estimate of drug-likeness (QED) is 0.797. The molecule has 0 saturated heterocycles. The molecule has 1 aliphatic heterocycles. The number of rotatable bonds is 5. The molecule has 1 fully saturated rings. The predicted octanol–water partition coefficient (Wildman–Crippen LogP) is 1.34. The maximum atomic E-state index is 12.2. The van der Waals surface area contributed by atoms with E-state index in [1.807, 2.05) is 13.8 Å². The molecule has 2 N–H and O–H groups in total. The predicted molar refractivity (Wildman–Crippen MR) is 72.6 cm³/mol. The average Bonchev–Trinajstić information content (AvgIpc) is 3.12. The van der Waals surface area contributed by atoms with E-state index in [4.69, 9.17) is 9.47 Å². The van der Waals surface area contributed by atoms with Crippen LogP contribution in [0.3, 0.4) is 0 Å². The van der Waals surface area contributed by atoms with Gasteiger partial charge in [0.05, 0.1) is 30.6 Å². The number of carbonyl (C=O) groups is 1. The van der Waals surface area contributed by atoms with Crippen LogP contribution in [0.4, 0.5) is 0 Å². The van der Waals surface area contributed by atoms with E-state index in [0.29, 0.717) is 24.9 Å². The van der Waals surface area contributed by atoms with Crippen molar-refractivity contribution < 1.29 is 14.3 Å². The molecular formula is C14H21N3O3. The standard InChI is InChI=1S/C14H21N3O3/c1-8-7-11-12(9(2)20-8)16-17-13(11)14(18)15-5-6-19-10-3-4-10/h8-10H,3-7H2,1-2H3,(H,15,18)(H,16,17)/t8-,9+/m1/s1. The molecule has 2 aliphatic rings. The molecule has 0 bridgehead atoms. The third kappa shape index (κ3) is 2.86. The van der Waals surface area contributed by atoms with Crippen molar-refractivity contribution in [2.75, 3.05) is 13.2 Å². The van der Waals surface area contributed by atoms with Crippen LogP contribution >= 0.6 is 0 Å². The Labute approximate surface area is 118 Å². The summed E-state index contributed by atoms with van der Waals surface area (Å²) >= 11 is 0. The largest absolute Gasteiger partial charge is 0.376 e. The van der Waals surface area contributed by atoms with Crippen LogP contribution in [0.25, 0.3) is 0 Å². The summed E-state index contributed by atoms with van der Waals surface area (Å²) in [5, 5.41) is 9.94. The van der Waals surface area contributed by atoms with Gasteiger partial charge in [-0.2, -0.15) is 5.10 Å². The summed E-state index contributed by atoms with van der Waals surface area (Å²) in [5.41, 5.74) is 2.40. The van der Waals surface area contributed by atoms with E-state index in [9.17, 15) is 4.79 Å². The Kier molecular flexibility index (Phi) is 3.76. The minimum Gasteiger partial charge on any atom is -0.376 e. The number of nitrogens with one attached hydrogen (secondary N) is 2. The number of hydrogen-bond acceptors (Lipinski definition) is 4. The normalized spacial score (nSPS) is 25.3. The highest BCUT2D eigenvalue weighted by atomic mass is 16.5. The molecule has 1 aromatic rings. The number of aromatic amines is 1. The lowest BCUT2D eigenvalue weighted by Gasteiger charge is -2.25. The third-order valence-corrected chi connectivity index (χ3v) is 3.71. The van der Waals surface area contributed by atoms with Crippen LogP contribution in [0.1, 0.15) is 54.5 Å². The van der Waals surface area contributed by atoms with Crippen molar-refractivity contribution >= 4 is 5.91 Å². The Morgan fingerprint density at radius 3 is 3.05 bits per heavy atom. The summed E-state index contributed by atoms with van der Waals surface area (Å²) < 4.78 is 11.2. The van der Waals surface area contributed by atoms with Crippen LogP contribution in [-0.2, 0) is 15.9 Å². The first-order chi connectivity index (χ1) is 9.65. The van der Waals surface area contributed by atoms with E-state index in [0.717, 1.165) is 30.5 Å². The van der Waals surface area contributed by atoms with Crippen LogP contribution in [0.5, 0.6) is 0 Å². The maximum absolute atomic E-state index is 12.2. The molecule has 110 valence electrons. The van der Waals surface area contributed by atoms with Gasteiger partial charge < -0.3 is 14.8 Å². The monoisotopic (exact) mass is 279 g/mol. The lowest BCUT2D eigenvalue weighted by Crippen LogP contribution is -2.30. The fourth-order valence-corrected chi connectivity index (χ4v) is 2.57. The van der Waals surface area contributed by atoms with Gasteiger partial charge in [-0.25, -0.2) is 0 Å². The lowest BCUT2D eigenvalue weighted by molar-refractivity contribution is -0.00697. The summed E-state index contributed by atoms with van der Waals surface area (Å²) in [7, 11) is 0. The van der Waals surface area contributed by atoms with E-state index in [1.165, 1.54) is 0 Å². The summed E-state index contributed by atoms with van der Waals surface area (Å²) in [6.45, 7) is 5.08. The molecule has 0 spiro atoms. The van der Waals surface area contributed by atoms with Gasteiger partial charge in [0.2, 0.25) is 0 Å². The zero-order valence-electron chi connectivity index (χ0n) is 11.9. The number of ether oxygens (including phenoxy) is 2. The van der Waals surface area contributed by atoms with Crippen LogP contribution in [0, 0.1) is 0 Å². The molecule has 6 heteroatoms. The number of carbonyl (C=O) groups excluding carboxylic acids is 1. The van der Waals surface area contributed by atoms with Crippen molar-refractivity contribution in [1.29, 1.82) is 0 Å². The summed E-state index contributed by atoms with van der Waals surface area (Å²) in [4.78, 5) is 12.2.